The number of likely N-dealkylation sites (tertiary alicyclic amines) is 1. The first kappa shape index (κ1) is 18.6. The van der Waals surface area contributed by atoms with Crippen LogP contribution in [0.4, 0.5) is 0 Å². The zero-order valence-electron chi connectivity index (χ0n) is 16.5. The highest BCUT2D eigenvalue weighted by Gasteiger charge is 2.25. The van der Waals surface area contributed by atoms with Crippen molar-refractivity contribution in [3.05, 3.63) is 29.9 Å². The average Bonchev–Trinajstić information content (AvgIpc) is 3.27. The predicted molar refractivity (Wildman–Crippen MR) is 102 cm³/mol. The first-order valence-electron chi connectivity index (χ1n) is 10.1. The molecule has 2 fully saturated rings. The van der Waals surface area contributed by atoms with Crippen molar-refractivity contribution in [2.75, 3.05) is 45.9 Å². The van der Waals surface area contributed by atoms with E-state index in [1.165, 1.54) is 0 Å². The molecule has 2 saturated heterocycles. The molecule has 0 spiro atoms. The molecule has 0 amide bonds. The second-order valence-electron chi connectivity index (χ2n) is 7.71. The number of morpholine rings is 1. The summed E-state index contributed by atoms with van der Waals surface area (Å²) in [4.78, 5) is 9.26. The minimum absolute atomic E-state index is 0.521. The molecule has 0 aliphatic carbocycles. The standard InChI is InChI=1S/C19H31N7O/c1-16-20-5-8-26(16)10-9-24-6-3-17(4-7-24)19-22-21-18(23(19)2)15-25-11-13-27-14-12-25/h5,8,17H,3-4,6-7,9-15H2,1-2H3. The third kappa shape index (κ3) is 4.39. The van der Waals surface area contributed by atoms with Crippen molar-refractivity contribution in [1.82, 2.24) is 34.1 Å². The van der Waals surface area contributed by atoms with Gasteiger partial charge >= 0.3 is 0 Å². The normalized spacial score (nSPS) is 20.4. The second kappa shape index (κ2) is 8.50. The van der Waals surface area contributed by atoms with Crippen molar-refractivity contribution >= 4 is 0 Å². The van der Waals surface area contributed by atoms with Gasteiger partial charge in [-0.05, 0) is 32.9 Å². The predicted octanol–water partition coefficient (Wildman–Crippen LogP) is 1.03. The smallest absolute Gasteiger partial charge is 0.146 e. The molecule has 2 aromatic heterocycles. The molecule has 8 heteroatoms. The molecule has 0 bridgehead atoms. The maximum Gasteiger partial charge on any atom is 0.146 e. The topological polar surface area (TPSA) is 64.2 Å². The Labute approximate surface area is 161 Å². The Balaban J connectivity index is 1.28. The fourth-order valence-corrected chi connectivity index (χ4v) is 4.13. The Morgan fingerprint density at radius 1 is 1.04 bits per heavy atom. The molecule has 0 N–H and O–H groups in total. The number of piperidine rings is 1. The van der Waals surface area contributed by atoms with Crippen LogP contribution < -0.4 is 0 Å². The van der Waals surface area contributed by atoms with Crippen LogP contribution in [0.5, 0.6) is 0 Å². The van der Waals surface area contributed by atoms with Crippen LogP contribution in [0.1, 0.15) is 36.2 Å². The lowest BCUT2D eigenvalue weighted by Gasteiger charge is -2.31. The molecular formula is C19H31N7O. The van der Waals surface area contributed by atoms with Gasteiger partial charge in [0.05, 0.1) is 19.8 Å². The Kier molecular flexibility index (Phi) is 5.85. The van der Waals surface area contributed by atoms with Gasteiger partial charge in [0.1, 0.15) is 17.5 Å². The van der Waals surface area contributed by atoms with Crippen molar-refractivity contribution in [2.45, 2.75) is 38.8 Å². The highest BCUT2D eigenvalue weighted by molar-refractivity contribution is 5.03. The summed E-state index contributed by atoms with van der Waals surface area (Å²) in [5.41, 5.74) is 0. The summed E-state index contributed by atoms with van der Waals surface area (Å²) in [6.45, 7) is 10.9. The van der Waals surface area contributed by atoms with E-state index in [1.807, 2.05) is 6.20 Å². The summed E-state index contributed by atoms with van der Waals surface area (Å²) in [5, 5.41) is 9.04. The number of aryl methyl sites for hydroxylation is 1. The minimum atomic E-state index is 0.521. The third-order valence-electron chi connectivity index (χ3n) is 6.00. The van der Waals surface area contributed by atoms with E-state index in [4.69, 9.17) is 4.74 Å². The zero-order chi connectivity index (χ0) is 18.6. The molecule has 0 atom stereocenters. The van der Waals surface area contributed by atoms with Gasteiger partial charge in [0.25, 0.3) is 0 Å². The lowest BCUT2D eigenvalue weighted by molar-refractivity contribution is 0.0326. The fourth-order valence-electron chi connectivity index (χ4n) is 4.13. The molecule has 27 heavy (non-hydrogen) atoms. The molecule has 0 unspecified atom stereocenters. The number of rotatable bonds is 6. The minimum Gasteiger partial charge on any atom is -0.379 e. The molecule has 0 radical (unpaired) electrons. The Bertz CT molecular complexity index is 726. The lowest BCUT2D eigenvalue weighted by atomic mass is 9.96. The molecule has 4 rings (SSSR count). The number of aromatic nitrogens is 5. The van der Waals surface area contributed by atoms with Crippen molar-refractivity contribution in [3.63, 3.8) is 0 Å². The van der Waals surface area contributed by atoms with Gasteiger partial charge in [0, 0.05) is 51.5 Å². The Morgan fingerprint density at radius 2 is 1.81 bits per heavy atom. The Hall–Kier alpha value is -1.77. The average molecular weight is 374 g/mol. The van der Waals surface area contributed by atoms with E-state index in [-0.39, 0.29) is 0 Å². The number of ether oxygens (including phenoxy) is 1. The molecule has 4 heterocycles. The van der Waals surface area contributed by atoms with Crippen LogP contribution in [-0.2, 0) is 24.9 Å². The summed E-state index contributed by atoms with van der Waals surface area (Å²) in [5.74, 6) is 3.84. The summed E-state index contributed by atoms with van der Waals surface area (Å²) >= 11 is 0. The molecule has 2 aliphatic rings. The van der Waals surface area contributed by atoms with Crippen molar-refractivity contribution in [2.24, 2.45) is 7.05 Å². The van der Waals surface area contributed by atoms with E-state index < -0.39 is 0 Å². The summed E-state index contributed by atoms with van der Waals surface area (Å²) in [6, 6.07) is 0. The number of nitrogens with zero attached hydrogens (tertiary/aromatic N) is 7. The van der Waals surface area contributed by atoms with E-state index >= 15 is 0 Å². The van der Waals surface area contributed by atoms with Crippen LogP contribution >= 0.6 is 0 Å². The Morgan fingerprint density at radius 3 is 2.52 bits per heavy atom. The van der Waals surface area contributed by atoms with Gasteiger partial charge < -0.3 is 18.8 Å². The van der Waals surface area contributed by atoms with Crippen LogP contribution in [-0.4, -0.2) is 80.1 Å². The first-order chi connectivity index (χ1) is 13.2. The summed E-state index contributed by atoms with van der Waals surface area (Å²) < 4.78 is 9.89. The number of hydrogen-bond acceptors (Lipinski definition) is 6. The maximum absolute atomic E-state index is 5.43. The highest BCUT2D eigenvalue weighted by atomic mass is 16.5. The maximum atomic E-state index is 5.43. The number of hydrogen-bond donors (Lipinski definition) is 0. The summed E-state index contributed by atoms with van der Waals surface area (Å²) in [7, 11) is 2.12. The first-order valence-corrected chi connectivity index (χ1v) is 10.1. The zero-order valence-corrected chi connectivity index (χ0v) is 16.5. The van der Waals surface area contributed by atoms with Crippen molar-refractivity contribution in [3.8, 4) is 0 Å². The van der Waals surface area contributed by atoms with Crippen LogP contribution in [0.15, 0.2) is 12.4 Å². The molecule has 148 valence electrons. The quantitative estimate of drug-likeness (QED) is 0.754. The van der Waals surface area contributed by atoms with Gasteiger partial charge in [-0.2, -0.15) is 0 Å². The fraction of sp³-hybridized carbons (Fsp3) is 0.737. The molecule has 0 saturated carbocycles. The van der Waals surface area contributed by atoms with E-state index in [0.717, 1.165) is 89.3 Å². The van der Waals surface area contributed by atoms with Gasteiger partial charge in [-0.25, -0.2) is 4.98 Å². The molecule has 0 aromatic carbocycles. The van der Waals surface area contributed by atoms with Crippen LogP contribution in [0.3, 0.4) is 0 Å². The van der Waals surface area contributed by atoms with E-state index in [1.54, 1.807) is 0 Å². The van der Waals surface area contributed by atoms with Gasteiger partial charge in [-0.15, -0.1) is 10.2 Å². The van der Waals surface area contributed by atoms with Crippen LogP contribution in [0.2, 0.25) is 0 Å². The summed E-state index contributed by atoms with van der Waals surface area (Å²) in [6.07, 6.45) is 6.26. The largest absolute Gasteiger partial charge is 0.379 e. The molecular weight excluding hydrogens is 342 g/mol. The van der Waals surface area contributed by atoms with Gasteiger partial charge in [0.2, 0.25) is 0 Å². The third-order valence-corrected chi connectivity index (χ3v) is 6.00. The van der Waals surface area contributed by atoms with Crippen LogP contribution in [0.25, 0.3) is 0 Å². The molecule has 2 aromatic rings. The van der Waals surface area contributed by atoms with Gasteiger partial charge in [-0.1, -0.05) is 0 Å². The second-order valence-corrected chi connectivity index (χ2v) is 7.71. The van der Waals surface area contributed by atoms with Crippen molar-refractivity contribution < 1.29 is 4.74 Å². The molecule has 2 aliphatic heterocycles. The SMILES string of the molecule is Cc1nccn1CCN1CCC(c2nnc(CN3CCOCC3)n2C)CC1. The van der Waals surface area contributed by atoms with Crippen LogP contribution in [0, 0.1) is 6.92 Å². The number of imidazole rings is 1. The van der Waals surface area contributed by atoms with E-state index in [2.05, 4.69) is 54.3 Å². The van der Waals surface area contributed by atoms with Gasteiger partial charge in [-0.3, -0.25) is 4.90 Å². The lowest BCUT2D eigenvalue weighted by Crippen LogP contribution is -2.37. The highest BCUT2D eigenvalue weighted by Crippen LogP contribution is 2.27. The van der Waals surface area contributed by atoms with E-state index in [9.17, 15) is 0 Å². The molecule has 8 nitrogen and oxygen atoms in total. The van der Waals surface area contributed by atoms with Crippen molar-refractivity contribution in [1.29, 1.82) is 0 Å². The monoisotopic (exact) mass is 373 g/mol. The van der Waals surface area contributed by atoms with Gasteiger partial charge in [0.15, 0.2) is 0 Å². The van der Waals surface area contributed by atoms with E-state index in [0.29, 0.717) is 5.92 Å².